The number of rotatable bonds is 7. The molecule has 2 aromatic rings. The zero-order chi connectivity index (χ0) is 21.0. The van der Waals surface area contributed by atoms with Crippen LogP contribution in [-0.2, 0) is 14.3 Å². The molecule has 3 rings (SSSR count). The average molecular weight is 395 g/mol. The van der Waals surface area contributed by atoms with Gasteiger partial charge in [-0.05, 0) is 62.2 Å². The molecule has 0 spiro atoms. The van der Waals surface area contributed by atoms with Crippen molar-refractivity contribution in [2.24, 2.45) is 5.92 Å². The van der Waals surface area contributed by atoms with Crippen LogP contribution in [0.25, 0.3) is 0 Å². The second-order valence-electron chi connectivity index (χ2n) is 7.16. The molecule has 0 aliphatic carbocycles. The van der Waals surface area contributed by atoms with Crippen LogP contribution in [0, 0.1) is 19.8 Å². The first-order valence-electron chi connectivity index (χ1n) is 9.69. The van der Waals surface area contributed by atoms with Crippen LogP contribution in [-0.4, -0.2) is 37.4 Å². The summed E-state index contributed by atoms with van der Waals surface area (Å²) in [6.07, 6.45) is 0.0733. The van der Waals surface area contributed by atoms with Crippen molar-refractivity contribution in [3.05, 3.63) is 59.2 Å². The van der Waals surface area contributed by atoms with Gasteiger partial charge in [0.2, 0.25) is 5.91 Å². The minimum absolute atomic E-state index is 0.0733. The number of benzene rings is 2. The Morgan fingerprint density at radius 3 is 2.45 bits per heavy atom. The number of carbonyl (C=O) groups is 3. The lowest BCUT2D eigenvalue weighted by atomic mass is 10.0. The van der Waals surface area contributed by atoms with E-state index < -0.39 is 11.9 Å². The summed E-state index contributed by atoms with van der Waals surface area (Å²) >= 11 is 0. The van der Waals surface area contributed by atoms with Gasteiger partial charge in [-0.2, -0.15) is 0 Å². The summed E-state index contributed by atoms with van der Waals surface area (Å²) in [4.78, 5) is 38.6. The molecule has 1 saturated heterocycles. The lowest BCUT2D eigenvalue weighted by molar-refractivity contribution is -0.147. The maximum absolute atomic E-state index is 12.4. The fraction of sp³-hybridized carbons (Fsp3) is 0.348. The number of Topliss-reactive ketones (excluding diaryl/α,β-unsaturated/α-hetero) is 1. The van der Waals surface area contributed by atoms with Gasteiger partial charge in [0.1, 0.15) is 5.75 Å². The summed E-state index contributed by atoms with van der Waals surface area (Å²) < 4.78 is 10.6. The molecule has 1 atom stereocenters. The Bertz CT molecular complexity index is 919. The van der Waals surface area contributed by atoms with Gasteiger partial charge in [-0.3, -0.25) is 14.4 Å². The van der Waals surface area contributed by atoms with E-state index in [1.54, 1.807) is 41.3 Å². The Morgan fingerprint density at radius 2 is 1.79 bits per heavy atom. The summed E-state index contributed by atoms with van der Waals surface area (Å²) in [5, 5.41) is 0. The first-order valence-corrected chi connectivity index (χ1v) is 9.69. The van der Waals surface area contributed by atoms with Crippen molar-refractivity contribution < 1.29 is 23.9 Å². The predicted molar refractivity (Wildman–Crippen MR) is 109 cm³/mol. The number of ketones is 1. The van der Waals surface area contributed by atoms with Crippen molar-refractivity contribution in [2.45, 2.75) is 27.2 Å². The molecule has 0 aromatic heterocycles. The maximum Gasteiger partial charge on any atom is 0.311 e. The van der Waals surface area contributed by atoms with E-state index in [1.165, 1.54) is 0 Å². The Morgan fingerprint density at radius 1 is 1.07 bits per heavy atom. The van der Waals surface area contributed by atoms with E-state index in [0.29, 0.717) is 17.9 Å². The highest BCUT2D eigenvalue weighted by Crippen LogP contribution is 2.27. The fourth-order valence-electron chi connectivity index (χ4n) is 3.26. The summed E-state index contributed by atoms with van der Waals surface area (Å²) in [6.45, 7) is 6.28. The second-order valence-corrected chi connectivity index (χ2v) is 7.16. The molecule has 1 aliphatic rings. The molecule has 2 aromatic carbocycles. The number of ether oxygens (including phenoxy) is 2. The molecule has 0 bridgehead atoms. The number of anilines is 1. The predicted octanol–water partition coefficient (Wildman–Crippen LogP) is 3.48. The van der Waals surface area contributed by atoms with Gasteiger partial charge in [-0.1, -0.05) is 12.1 Å². The van der Waals surface area contributed by atoms with Gasteiger partial charge in [0.15, 0.2) is 12.4 Å². The summed E-state index contributed by atoms with van der Waals surface area (Å²) in [5.74, 6) is -0.778. The van der Waals surface area contributed by atoms with Gasteiger partial charge in [0.05, 0.1) is 12.5 Å². The first kappa shape index (κ1) is 20.6. The number of amides is 1. The highest BCUT2D eigenvalue weighted by atomic mass is 16.5. The zero-order valence-corrected chi connectivity index (χ0v) is 16.9. The van der Waals surface area contributed by atoms with Crippen LogP contribution < -0.4 is 9.64 Å². The Hall–Kier alpha value is -3.15. The van der Waals surface area contributed by atoms with Crippen LogP contribution in [0.3, 0.4) is 0 Å². The minimum atomic E-state index is -0.582. The normalized spacial score (nSPS) is 16.0. The molecule has 6 nitrogen and oxygen atoms in total. The quantitative estimate of drug-likeness (QED) is 0.530. The molecule has 6 heteroatoms. The van der Waals surface area contributed by atoms with Crippen LogP contribution >= 0.6 is 0 Å². The zero-order valence-electron chi connectivity index (χ0n) is 16.9. The van der Waals surface area contributed by atoms with Crippen molar-refractivity contribution >= 4 is 23.3 Å². The smallest absolute Gasteiger partial charge is 0.311 e. The van der Waals surface area contributed by atoms with Crippen LogP contribution in [0.15, 0.2) is 42.5 Å². The fourth-order valence-corrected chi connectivity index (χ4v) is 3.26. The highest BCUT2D eigenvalue weighted by molar-refractivity contribution is 6.01. The largest absolute Gasteiger partial charge is 0.494 e. The van der Waals surface area contributed by atoms with Crippen LogP contribution in [0.2, 0.25) is 0 Å². The van der Waals surface area contributed by atoms with E-state index in [-0.39, 0.29) is 31.3 Å². The van der Waals surface area contributed by atoms with Crippen molar-refractivity contribution in [1.29, 1.82) is 0 Å². The highest BCUT2D eigenvalue weighted by Gasteiger charge is 2.36. The number of aryl methyl sites for hydroxylation is 2. The van der Waals surface area contributed by atoms with Gasteiger partial charge < -0.3 is 14.4 Å². The molecule has 1 heterocycles. The molecule has 0 saturated carbocycles. The van der Waals surface area contributed by atoms with Crippen molar-refractivity contribution in [3.63, 3.8) is 0 Å². The number of hydrogen-bond acceptors (Lipinski definition) is 5. The van der Waals surface area contributed by atoms with E-state index >= 15 is 0 Å². The summed E-state index contributed by atoms with van der Waals surface area (Å²) in [5.41, 5.74) is 3.33. The molecule has 29 heavy (non-hydrogen) atoms. The number of carbonyl (C=O) groups excluding carboxylic acids is 3. The molecule has 1 fully saturated rings. The average Bonchev–Trinajstić information content (AvgIpc) is 3.10. The number of nitrogens with zero attached hydrogens (tertiary/aromatic N) is 1. The Kier molecular flexibility index (Phi) is 6.32. The van der Waals surface area contributed by atoms with Gasteiger partial charge in [0, 0.05) is 24.2 Å². The van der Waals surface area contributed by atoms with Crippen LogP contribution in [0.1, 0.15) is 34.8 Å². The van der Waals surface area contributed by atoms with Gasteiger partial charge in [-0.15, -0.1) is 0 Å². The lowest BCUT2D eigenvalue weighted by Gasteiger charge is -2.17. The van der Waals surface area contributed by atoms with E-state index in [1.807, 2.05) is 26.8 Å². The Labute approximate surface area is 170 Å². The molecule has 0 N–H and O–H groups in total. The van der Waals surface area contributed by atoms with E-state index in [4.69, 9.17) is 9.47 Å². The lowest BCUT2D eigenvalue weighted by Crippen LogP contribution is -2.27. The SMILES string of the molecule is CCOc1ccc(N2C[C@H](C(=O)OCC(=O)c3ccc(C)c(C)c3)CC2=O)cc1. The van der Waals surface area contributed by atoms with E-state index in [2.05, 4.69) is 0 Å². The monoisotopic (exact) mass is 395 g/mol. The third-order valence-corrected chi connectivity index (χ3v) is 5.09. The Balaban J connectivity index is 1.57. The summed E-state index contributed by atoms with van der Waals surface area (Å²) in [6, 6.07) is 12.6. The molecule has 0 radical (unpaired) electrons. The van der Waals surface area contributed by atoms with E-state index in [9.17, 15) is 14.4 Å². The van der Waals surface area contributed by atoms with Gasteiger partial charge in [-0.25, -0.2) is 0 Å². The molecule has 1 amide bonds. The topological polar surface area (TPSA) is 72.9 Å². The van der Waals surface area contributed by atoms with Crippen molar-refractivity contribution in [2.75, 3.05) is 24.7 Å². The second kappa shape index (κ2) is 8.90. The first-order chi connectivity index (χ1) is 13.9. The van der Waals surface area contributed by atoms with Gasteiger partial charge >= 0.3 is 5.97 Å². The van der Waals surface area contributed by atoms with Gasteiger partial charge in [0.25, 0.3) is 0 Å². The van der Waals surface area contributed by atoms with Crippen molar-refractivity contribution in [1.82, 2.24) is 0 Å². The maximum atomic E-state index is 12.4. The summed E-state index contributed by atoms with van der Waals surface area (Å²) in [7, 11) is 0. The minimum Gasteiger partial charge on any atom is -0.494 e. The van der Waals surface area contributed by atoms with Crippen LogP contribution in [0.5, 0.6) is 5.75 Å². The van der Waals surface area contributed by atoms with Crippen LogP contribution in [0.4, 0.5) is 5.69 Å². The molecular weight excluding hydrogens is 370 g/mol. The number of hydrogen-bond donors (Lipinski definition) is 0. The van der Waals surface area contributed by atoms with Crippen molar-refractivity contribution in [3.8, 4) is 5.75 Å². The standard InChI is InChI=1S/C23H25NO5/c1-4-28-20-9-7-19(8-10-20)24-13-18(12-22(24)26)23(27)29-14-21(25)17-6-5-15(2)16(3)11-17/h5-11,18H,4,12-14H2,1-3H3/t18-/m1/s1. The third-order valence-electron chi connectivity index (χ3n) is 5.09. The third kappa shape index (κ3) is 4.83. The van der Waals surface area contributed by atoms with E-state index in [0.717, 1.165) is 16.9 Å². The molecule has 0 unspecified atom stereocenters. The number of esters is 1. The molecular formula is C23H25NO5. The molecule has 1 aliphatic heterocycles. The molecule has 152 valence electrons.